The van der Waals surface area contributed by atoms with Gasteiger partial charge in [0.25, 0.3) is 11.6 Å². The summed E-state index contributed by atoms with van der Waals surface area (Å²) in [5.41, 5.74) is 1.42. The van der Waals surface area contributed by atoms with Gasteiger partial charge in [0.2, 0.25) is 5.91 Å². The third-order valence-electron chi connectivity index (χ3n) is 7.20. The quantitative estimate of drug-likeness (QED) is 0.368. The molecule has 2 unspecified atom stereocenters. The lowest BCUT2D eigenvalue weighted by Crippen LogP contribution is -2.53. The molecular weight excluding hydrogens is 490 g/mol. The van der Waals surface area contributed by atoms with Crippen LogP contribution >= 0.6 is 0 Å². The van der Waals surface area contributed by atoms with Gasteiger partial charge in [-0.15, -0.1) is 0 Å². The van der Waals surface area contributed by atoms with Crippen molar-refractivity contribution in [3.05, 3.63) is 69.8 Å². The number of rotatable bonds is 10. The fourth-order valence-electron chi connectivity index (χ4n) is 5.11. The number of nitrogens with zero attached hydrogens (tertiary/aromatic N) is 4. The van der Waals surface area contributed by atoms with E-state index in [1.807, 2.05) is 4.90 Å². The average molecular weight is 526 g/mol. The van der Waals surface area contributed by atoms with E-state index in [0.29, 0.717) is 57.1 Å². The molecule has 2 heterocycles. The second-order valence-corrected chi connectivity index (χ2v) is 9.56. The topological polar surface area (TPSA) is 117 Å². The maximum Gasteiger partial charge on any atom is 0.269 e. The van der Waals surface area contributed by atoms with Crippen molar-refractivity contribution in [2.75, 3.05) is 60.1 Å². The second kappa shape index (κ2) is 12.8. The van der Waals surface area contributed by atoms with Gasteiger partial charge in [-0.3, -0.25) is 24.6 Å². The van der Waals surface area contributed by atoms with Crippen LogP contribution in [0.3, 0.4) is 0 Å². The zero-order chi connectivity index (χ0) is 27.1. The molecule has 4 rings (SSSR count). The molecule has 38 heavy (non-hydrogen) atoms. The number of nitro benzene ring substituents is 1. The van der Waals surface area contributed by atoms with Crippen LogP contribution in [0.4, 0.5) is 5.69 Å². The van der Waals surface area contributed by atoms with Crippen molar-refractivity contribution < 1.29 is 24.0 Å². The van der Waals surface area contributed by atoms with Gasteiger partial charge in [-0.25, -0.2) is 0 Å². The molecule has 204 valence electrons. The minimum Gasteiger partial charge on any atom is -0.497 e. The molecule has 2 amide bonds. The van der Waals surface area contributed by atoms with Crippen LogP contribution < -0.4 is 10.1 Å². The Bertz CT molecular complexity index is 1120. The summed E-state index contributed by atoms with van der Waals surface area (Å²) in [6.45, 7) is 4.64. The third kappa shape index (κ3) is 6.47. The number of likely N-dealkylation sites (tertiary alicyclic amines) is 1. The van der Waals surface area contributed by atoms with E-state index in [1.54, 1.807) is 55.5 Å². The predicted octanol–water partition coefficient (Wildman–Crippen LogP) is 1.77. The van der Waals surface area contributed by atoms with E-state index in [9.17, 15) is 19.7 Å². The van der Waals surface area contributed by atoms with E-state index in [-0.39, 0.29) is 23.5 Å². The van der Waals surface area contributed by atoms with Crippen molar-refractivity contribution in [3.63, 3.8) is 0 Å². The van der Waals surface area contributed by atoms with Crippen LogP contribution in [0.15, 0.2) is 48.5 Å². The number of methoxy groups -OCH3 is 2. The molecular formula is C27H35N5O6. The fraction of sp³-hybridized carbons (Fsp3) is 0.481. The van der Waals surface area contributed by atoms with Crippen LogP contribution in [-0.2, 0) is 16.1 Å². The zero-order valence-electron chi connectivity index (χ0n) is 21.9. The smallest absolute Gasteiger partial charge is 0.269 e. The molecule has 1 N–H and O–H groups in total. The number of non-ortho nitro benzene ring substituents is 1. The Kier molecular flexibility index (Phi) is 9.27. The second-order valence-electron chi connectivity index (χ2n) is 9.56. The lowest BCUT2D eigenvalue weighted by atomic mass is 10.1. The molecule has 2 aromatic rings. The van der Waals surface area contributed by atoms with Crippen molar-refractivity contribution in [1.29, 1.82) is 0 Å². The van der Waals surface area contributed by atoms with Gasteiger partial charge >= 0.3 is 0 Å². The summed E-state index contributed by atoms with van der Waals surface area (Å²) in [7, 11) is 3.19. The number of amides is 2. The highest BCUT2D eigenvalue weighted by atomic mass is 16.6. The molecule has 2 aliphatic heterocycles. The number of piperazine rings is 1. The van der Waals surface area contributed by atoms with Gasteiger partial charge in [0.15, 0.2) is 0 Å². The summed E-state index contributed by atoms with van der Waals surface area (Å²) in [4.78, 5) is 43.8. The van der Waals surface area contributed by atoms with E-state index in [4.69, 9.17) is 9.47 Å². The average Bonchev–Trinajstić information content (AvgIpc) is 3.40. The Hall–Kier alpha value is -3.54. The van der Waals surface area contributed by atoms with Crippen LogP contribution in [0.5, 0.6) is 5.75 Å². The Balaban J connectivity index is 1.59. The molecule has 11 heteroatoms. The van der Waals surface area contributed by atoms with E-state index in [0.717, 1.165) is 18.7 Å². The number of carbonyl (C=O) groups is 2. The Morgan fingerprint density at radius 3 is 2.53 bits per heavy atom. The molecule has 2 aromatic carbocycles. The maximum atomic E-state index is 13.7. The molecule has 2 atom stereocenters. The first kappa shape index (κ1) is 27.5. The van der Waals surface area contributed by atoms with Crippen molar-refractivity contribution in [1.82, 2.24) is 20.0 Å². The van der Waals surface area contributed by atoms with Gasteiger partial charge in [0, 0.05) is 76.7 Å². The zero-order valence-corrected chi connectivity index (χ0v) is 21.9. The molecule has 0 radical (unpaired) electrons. The monoisotopic (exact) mass is 525 g/mol. The largest absolute Gasteiger partial charge is 0.497 e. The van der Waals surface area contributed by atoms with Crippen molar-refractivity contribution >= 4 is 17.5 Å². The van der Waals surface area contributed by atoms with Gasteiger partial charge in [-0.2, -0.15) is 0 Å². The maximum absolute atomic E-state index is 13.7. The SMILES string of the molecule is COCCN(Cc1ccc([N+](=O)[O-])cc1)C1CC(C(=O)N2CCNCC2)N(C(=O)c2cccc(OC)c2)C1. The standard InChI is InChI=1S/C27H35N5O6/c1-37-15-14-30(18-20-6-8-22(9-7-20)32(35)36)23-17-25(27(34)29-12-10-28-11-13-29)31(19-23)26(33)21-4-3-5-24(16-21)38-2/h3-9,16,23,25,28H,10-15,17-19H2,1-2H3. The van der Waals surface area contributed by atoms with Gasteiger partial charge in [0.1, 0.15) is 11.8 Å². The summed E-state index contributed by atoms with van der Waals surface area (Å²) in [6.07, 6.45) is 0.495. The van der Waals surface area contributed by atoms with E-state index in [2.05, 4.69) is 10.2 Å². The lowest BCUT2D eigenvalue weighted by Gasteiger charge is -2.32. The molecule has 2 aliphatic rings. The highest BCUT2D eigenvalue weighted by Crippen LogP contribution is 2.28. The summed E-state index contributed by atoms with van der Waals surface area (Å²) in [6, 6.07) is 12.8. The lowest BCUT2D eigenvalue weighted by molar-refractivity contribution is -0.384. The Labute approximate surface area is 222 Å². The normalized spacial score (nSPS) is 19.6. The van der Waals surface area contributed by atoms with Crippen molar-refractivity contribution in [3.8, 4) is 5.75 Å². The number of nitrogens with one attached hydrogen (secondary N) is 1. The van der Waals surface area contributed by atoms with Crippen LogP contribution in [0.2, 0.25) is 0 Å². The van der Waals surface area contributed by atoms with Crippen LogP contribution in [-0.4, -0.2) is 104 Å². The van der Waals surface area contributed by atoms with Gasteiger partial charge in [0.05, 0.1) is 18.6 Å². The number of benzene rings is 2. The number of hydrogen-bond donors (Lipinski definition) is 1. The first-order valence-corrected chi connectivity index (χ1v) is 12.8. The molecule has 0 bridgehead atoms. The van der Waals surface area contributed by atoms with E-state index >= 15 is 0 Å². The number of hydrogen-bond acceptors (Lipinski definition) is 8. The minimum atomic E-state index is -0.585. The summed E-state index contributed by atoms with van der Waals surface area (Å²) < 4.78 is 10.7. The molecule has 0 aliphatic carbocycles. The molecule has 2 saturated heterocycles. The van der Waals surface area contributed by atoms with E-state index < -0.39 is 11.0 Å². The van der Waals surface area contributed by atoms with Crippen LogP contribution in [0.25, 0.3) is 0 Å². The molecule has 2 fully saturated rings. The highest BCUT2D eigenvalue weighted by molar-refractivity contribution is 5.98. The van der Waals surface area contributed by atoms with Crippen molar-refractivity contribution in [2.24, 2.45) is 0 Å². The minimum absolute atomic E-state index is 0.0349. The number of nitro groups is 1. The Morgan fingerprint density at radius 1 is 1.13 bits per heavy atom. The van der Waals surface area contributed by atoms with Crippen LogP contribution in [0.1, 0.15) is 22.3 Å². The van der Waals surface area contributed by atoms with E-state index in [1.165, 1.54) is 12.1 Å². The molecule has 0 spiro atoms. The summed E-state index contributed by atoms with van der Waals surface area (Å²) in [5, 5.41) is 14.3. The molecule has 0 saturated carbocycles. The highest BCUT2D eigenvalue weighted by Gasteiger charge is 2.43. The summed E-state index contributed by atoms with van der Waals surface area (Å²) >= 11 is 0. The van der Waals surface area contributed by atoms with Crippen molar-refractivity contribution in [2.45, 2.75) is 25.0 Å². The fourth-order valence-corrected chi connectivity index (χ4v) is 5.11. The van der Waals surface area contributed by atoms with Gasteiger partial charge in [-0.1, -0.05) is 18.2 Å². The number of ether oxygens (including phenoxy) is 2. The first-order valence-electron chi connectivity index (χ1n) is 12.8. The van der Waals surface area contributed by atoms with Crippen LogP contribution in [0, 0.1) is 10.1 Å². The van der Waals surface area contributed by atoms with Gasteiger partial charge < -0.3 is 24.6 Å². The molecule has 11 nitrogen and oxygen atoms in total. The number of carbonyl (C=O) groups excluding carboxylic acids is 2. The van der Waals surface area contributed by atoms with Gasteiger partial charge in [-0.05, 0) is 30.2 Å². The summed E-state index contributed by atoms with van der Waals surface area (Å²) in [5.74, 6) is 0.339. The third-order valence-corrected chi connectivity index (χ3v) is 7.20. The first-order chi connectivity index (χ1) is 18.4. The Morgan fingerprint density at radius 2 is 1.87 bits per heavy atom. The molecule has 0 aromatic heterocycles. The predicted molar refractivity (Wildman–Crippen MR) is 141 cm³/mol.